The Morgan fingerprint density at radius 1 is 1.03 bits per heavy atom. The molecule has 1 aromatic rings. The minimum atomic E-state index is -5.19. The number of hydrogen-bond acceptors (Lipinski definition) is 4. The lowest BCUT2D eigenvalue weighted by Crippen LogP contribution is -3.12. The van der Waals surface area contributed by atoms with E-state index in [1.54, 1.807) is 0 Å². The van der Waals surface area contributed by atoms with Crippen molar-refractivity contribution in [3.8, 4) is 5.75 Å². The van der Waals surface area contributed by atoms with Crippen LogP contribution in [0.2, 0.25) is 0 Å². The van der Waals surface area contributed by atoms with Crippen LogP contribution in [0.25, 0.3) is 0 Å². The van der Waals surface area contributed by atoms with Gasteiger partial charge in [0.15, 0.2) is 6.61 Å². The molecule has 34 heavy (non-hydrogen) atoms. The number of benzene rings is 1. The molecule has 1 aliphatic heterocycles. The lowest BCUT2D eigenvalue weighted by Gasteiger charge is -2.57. The number of alkyl halides is 3. The molecule has 0 atom stereocenters. The van der Waals surface area contributed by atoms with E-state index in [1.807, 2.05) is 4.90 Å². The molecular formula is C25H33F3N2O4. The highest BCUT2D eigenvalue weighted by atomic mass is 19.4. The zero-order valence-corrected chi connectivity index (χ0v) is 19.5. The fourth-order valence-corrected chi connectivity index (χ4v) is 6.74. The van der Waals surface area contributed by atoms with Gasteiger partial charge < -0.3 is 24.4 Å². The third kappa shape index (κ3) is 5.67. The van der Waals surface area contributed by atoms with Gasteiger partial charge in [-0.3, -0.25) is 4.79 Å². The Morgan fingerprint density at radius 2 is 1.50 bits per heavy atom. The van der Waals surface area contributed by atoms with Gasteiger partial charge in [0.1, 0.15) is 11.7 Å². The fraction of sp³-hybridized carbons (Fsp3) is 0.680. The Labute approximate surface area is 198 Å². The number of nitrogens with zero attached hydrogens (tertiary/aromatic N) is 1. The predicted octanol–water partition coefficient (Wildman–Crippen LogP) is 1.19. The number of quaternary nitrogens is 1. The molecule has 1 aromatic carbocycles. The highest BCUT2D eigenvalue weighted by molar-refractivity contribution is 5.77. The van der Waals surface area contributed by atoms with Crippen molar-refractivity contribution in [1.82, 2.24) is 4.90 Å². The van der Waals surface area contributed by atoms with Gasteiger partial charge in [0.05, 0.1) is 33.2 Å². The molecule has 0 unspecified atom stereocenters. The van der Waals surface area contributed by atoms with E-state index < -0.39 is 12.1 Å². The number of carbonyl (C=O) groups is 2. The summed E-state index contributed by atoms with van der Waals surface area (Å²) in [4.78, 5) is 24.6. The molecule has 1 amide bonds. The molecule has 1 saturated heterocycles. The number of likely N-dealkylation sites (N-methyl/N-ethyl adjacent to an activating group) is 1. The zero-order chi connectivity index (χ0) is 24.5. The number of carboxylic acid groups (broad SMARTS) is 1. The summed E-state index contributed by atoms with van der Waals surface area (Å²) in [7, 11) is 2.18. The highest BCUT2D eigenvalue weighted by Gasteiger charge is 2.51. The van der Waals surface area contributed by atoms with Crippen LogP contribution in [0.1, 0.15) is 44.1 Å². The maximum Gasteiger partial charge on any atom is 0.430 e. The molecule has 4 aliphatic carbocycles. The number of ether oxygens (including phenoxy) is 1. The van der Waals surface area contributed by atoms with E-state index in [9.17, 15) is 18.0 Å². The smallest absolute Gasteiger partial charge is 0.430 e. The van der Waals surface area contributed by atoms with E-state index in [2.05, 4.69) is 31.3 Å². The van der Waals surface area contributed by atoms with Crippen molar-refractivity contribution in [3.05, 3.63) is 29.8 Å². The van der Waals surface area contributed by atoms with Gasteiger partial charge in [-0.25, -0.2) is 0 Å². The standard InChI is InChI=1S/C23H32N2O2.C2HF3O2/c1-24-6-8-25(9-7-24)22(26)16-27-21-4-2-20(3-5-21)23-13-17-10-18(14-23)12-19(11-17)15-23;3-2(4,5)1(6)7/h2-5,17-19H,6-16H2,1H3;(H,6,7). The highest BCUT2D eigenvalue weighted by Crippen LogP contribution is 2.60. The van der Waals surface area contributed by atoms with Crippen LogP contribution in [0.15, 0.2) is 24.3 Å². The monoisotopic (exact) mass is 482 g/mol. The van der Waals surface area contributed by atoms with E-state index in [0.717, 1.165) is 49.7 Å². The molecule has 1 heterocycles. The molecule has 5 fully saturated rings. The van der Waals surface area contributed by atoms with Crippen molar-refractivity contribution >= 4 is 11.9 Å². The van der Waals surface area contributed by atoms with Crippen LogP contribution in [0.3, 0.4) is 0 Å². The van der Waals surface area contributed by atoms with Gasteiger partial charge >= 0.3 is 6.18 Å². The third-order valence-corrected chi connectivity index (χ3v) is 8.07. The van der Waals surface area contributed by atoms with Crippen molar-refractivity contribution in [2.45, 2.75) is 50.1 Å². The number of piperazine rings is 1. The van der Waals surface area contributed by atoms with Crippen molar-refractivity contribution < 1.29 is 37.5 Å². The average Bonchev–Trinajstić information content (AvgIpc) is 2.77. The molecule has 0 spiro atoms. The number of carbonyl (C=O) groups excluding carboxylic acids is 2. The van der Waals surface area contributed by atoms with Gasteiger partial charge in [0, 0.05) is 0 Å². The van der Waals surface area contributed by atoms with Crippen LogP contribution < -0.4 is 14.7 Å². The summed E-state index contributed by atoms with van der Waals surface area (Å²) in [5.74, 6) is 0.845. The number of nitrogens with one attached hydrogen (secondary N) is 1. The number of amides is 1. The first-order valence-corrected chi connectivity index (χ1v) is 12.1. The largest absolute Gasteiger partial charge is 0.542 e. The van der Waals surface area contributed by atoms with Crippen molar-refractivity contribution in [2.75, 3.05) is 39.8 Å². The molecular weight excluding hydrogens is 449 g/mol. The number of rotatable bonds is 4. The molecule has 5 aliphatic rings. The second kappa shape index (κ2) is 9.76. The second-order valence-corrected chi connectivity index (χ2v) is 10.6. The average molecular weight is 483 g/mol. The Kier molecular flexibility index (Phi) is 7.12. The van der Waals surface area contributed by atoms with Gasteiger partial charge in [-0.05, 0) is 79.4 Å². The summed E-state index contributed by atoms with van der Waals surface area (Å²) in [5, 5.41) is 8.78. The van der Waals surface area contributed by atoms with Gasteiger partial charge in [-0.15, -0.1) is 0 Å². The van der Waals surface area contributed by atoms with Crippen molar-refractivity contribution in [2.24, 2.45) is 17.8 Å². The van der Waals surface area contributed by atoms with E-state index >= 15 is 0 Å². The molecule has 0 aromatic heterocycles. The van der Waals surface area contributed by atoms with E-state index in [0.29, 0.717) is 5.41 Å². The van der Waals surface area contributed by atoms with Crippen molar-refractivity contribution in [1.29, 1.82) is 0 Å². The Hall–Kier alpha value is -2.29. The van der Waals surface area contributed by atoms with E-state index in [-0.39, 0.29) is 12.5 Å². The summed E-state index contributed by atoms with van der Waals surface area (Å²) in [6.07, 6.45) is 3.43. The second-order valence-electron chi connectivity index (χ2n) is 10.6. The minimum Gasteiger partial charge on any atom is -0.542 e. The normalized spacial score (nSPS) is 30.5. The van der Waals surface area contributed by atoms with Crippen LogP contribution in [0, 0.1) is 17.8 Å². The molecule has 9 heteroatoms. The predicted molar refractivity (Wildman–Crippen MR) is 116 cm³/mol. The number of halogens is 3. The maximum atomic E-state index is 12.4. The first-order chi connectivity index (χ1) is 16.0. The summed E-state index contributed by atoms with van der Waals surface area (Å²) in [5.41, 5.74) is 1.95. The summed E-state index contributed by atoms with van der Waals surface area (Å²) in [6, 6.07) is 8.75. The van der Waals surface area contributed by atoms with Crippen molar-refractivity contribution in [3.63, 3.8) is 0 Å². The number of carboxylic acids is 1. The molecule has 188 valence electrons. The Bertz CT molecular complexity index is 844. The van der Waals surface area contributed by atoms with Crippen LogP contribution in [-0.2, 0) is 15.0 Å². The SMILES string of the molecule is C[NH+]1CCN(C(=O)COc2ccc(C34CC5CC(CC(C5)C3)C4)cc2)CC1.O=C([O-])C(F)(F)F. The summed E-state index contributed by atoms with van der Waals surface area (Å²) < 4.78 is 37.4. The molecule has 6 rings (SSSR count). The topological polar surface area (TPSA) is 74.1 Å². The van der Waals surface area contributed by atoms with Gasteiger partial charge in [0.2, 0.25) is 0 Å². The van der Waals surface area contributed by atoms with Crippen LogP contribution in [0.4, 0.5) is 13.2 Å². The van der Waals surface area contributed by atoms with Crippen LogP contribution in [-0.4, -0.2) is 62.8 Å². The van der Waals surface area contributed by atoms with E-state index in [4.69, 9.17) is 14.6 Å². The first kappa shape index (κ1) is 24.8. The van der Waals surface area contributed by atoms with Crippen LogP contribution >= 0.6 is 0 Å². The molecule has 4 bridgehead atoms. The van der Waals surface area contributed by atoms with Gasteiger partial charge in [-0.2, -0.15) is 13.2 Å². The molecule has 1 N–H and O–H groups in total. The first-order valence-electron chi connectivity index (χ1n) is 12.1. The van der Waals surface area contributed by atoms with Crippen LogP contribution in [0.5, 0.6) is 5.75 Å². The maximum absolute atomic E-state index is 12.4. The minimum absolute atomic E-state index is 0.118. The zero-order valence-electron chi connectivity index (χ0n) is 19.5. The quantitative estimate of drug-likeness (QED) is 0.700. The van der Waals surface area contributed by atoms with Gasteiger partial charge in [-0.1, -0.05) is 12.1 Å². The number of aliphatic carboxylic acids is 1. The summed E-state index contributed by atoms with van der Waals surface area (Å²) in [6.45, 7) is 3.92. The molecule has 6 nitrogen and oxygen atoms in total. The number of hydrogen-bond donors (Lipinski definition) is 1. The molecule has 0 radical (unpaired) electrons. The molecule has 4 saturated carbocycles. The lowest BCUT2D eigenvalue weighted by molar-refractivity contribution is -0.883. The van der Waals surface area contributed by atoms with E-state index in [1.165, 1.54) is 49.0 Å². The lowest BCUT2D eigenvalue weighted by atomic mass is 9.48. The third-order valence-electron chi connectivity index (χ3n) is 8.07. The van der Waals surface area contributed by atoms with Gasteiger partial charge in [0.25, 0.3) is 5.91 Å². The Balaban J connectivity index is 0.000000344. The fourth-order valence-electron chi connectivity index (χ4n) is 6.74. The summed E-state index contributed by atoms with van der Waals surface area (Å²) >= 11 is 0. The Morgan fingerprint density at radius 3 is 1.94 bits per heavy atom.